The van der Waals surface area contributed by atoms with E-state index in [0.29, 0.717) is 5.56 Å². The summed E-state index contributed by atoms with van der Waals surface area (Å²) in [5.41, 5.74) is 6.55. The van der Waals surface area contributed by atoms with Crippen molar-refractivity contribution in [2.75, 3.05) is 0 Å². The van der Waals surface area contributed by atoms with E-state index < -0.39 is 18.2 Å². The number of rotatable bonds is 3. The average Bonchev–Trinajstić information content (AvgIpc) is 2.37. The highest BCUT2D eigenvalue weighted by molar-refractivity contribution is 6.30. The van der Waals surface area contributed by atoms with Crippen LogP contribution in [0, 0.1) is 5.82 Å². The second-order valence-corrected chi connectivity index (χ2v) is 4.70. The molecule has 0 heterocycles. The Bertz CT molecular complexity index is 628. The Hall–Kier alpha value is -1.79. The van der Waals surface area contributed by atoms with Crippen LogP contribution in [0.1, 0.15) is 17.2 Å². The maximum absolute atomic E-state index is 13.8. The summed E-state index contributed by atoms with van der Waals surface area (Å²) in [6.45, 7) is 0. The first-order valence-corrected chi connectivity index (χ1v) is 6.20. The van der Waals surface area contributed by atoms with Gasteiger partial charge in [-0.25, -0.2) is 4.39 Å². The molecule has 0 radical (unpaired) electrons. The van der Waals surface area contributed by atoms with E-state index in [2.05, 4.69) is 4.74 Å². The molecule has 112 valence electrons. The van der Waals surface area contributed by atoms with E-state index in [0.717, 1.165) is 18.2 Å². The topological polar surface area (TPSA) is 35.2 Å². The normalized spacial score (nSPS) is 13.0. The number of ether oxygens (including phenoxy) is 1. The lowest BCUT2D eigenvalue weighted by molar-refractivity contribution is -0.274. The van der Waals surface area contributed by atoms with Crippen LogP contribution in [0.5, 0.6) is 5.75 Å². The molecule has 2 aromatic carbocycles. The van der Waals surface area contributed by atoms with Crippen LogP contribution in [-0.2, 0) is 0 Å². The summed E-state index contributed by atoms with van der Waals surface area (Å²) in [6, 6.07) is 8.16. The second-order valence-electron chi connectivity index (χ2n) is 4.26. The van der Waals surface area contributed by atoms with E-state index in [1.54, 1.807) is 0 Å². The molecule has 2 aromatic rings. The molecule has 0 aliphatic carbocycles. The van der Waals surface area contributed by atoms with Crippen molar-refractivity contribution in [1.82, 2.24) is 0 Å². The molecule has 0 saturated heterocycles. The minimum Gasteiger partial charge on any atom is -0.406 e. The third-order valence-corrected chi connectivity index (χ3v) is 3.01. The fourth-order valence-corrected chi connectivity index (χ4v) is 1.97. The zero-order valence-electron chi connectivity index (χ0n) is 10.5. The van der Waals surface area contributed by atoms with E-state index in [9.17, 15) is 17.6 Å². The Labute approximate surface area is 123 Å². The number of benzene rings is 2. The van der Waals surface area contributed by atoms with E-state index in [1.165, 1.54) is 24.3 Å². The molecule has 0 bridgehead atoms. The van der Waals surface area contributed by atoms with Crippen LogP contribution < -0.4 is 10.5 Å². The molecule has 0 saturated carbocycles. The molecular weight excluding hydrogens is 310 g/mol. The average molecular weight is 320 g/mol. The van der Waals surface area contributed by atoms with Crippen LogP contribution in [0.4, 0.5) is 17.6 Å². The number of alkyl halides is 3. The highest BCUT2D eigenvalue weighted by Gasteiger charge is 2.31. The summed E-state index contributed by atoms with van der Waals surface area (Å²) in [5.74, 6) is -0.944. The van der Waals surface area contributed by atoms with Gasteiger partial charge in [-0.05, 0) is 29.8 Å². The summed E-state index contributed by atoms with van der Waals surface area (Å²) in [7, 11) is 0. The van der Waals surface area contributed by atoms with Crippen molar-refractivity contribution in [3.8, 4) is 5.75 Å². The van der Waals surface area contributed by atoms with Crippen molar-refractivity contribution in [3.63, 3.8) is 0 Å². The zero-order chi connectivity index (χ0) is 15.6. The zero-order valence-corrected chi connectivity index (χ0v) is 11.3. The fraction of sp³-hybridized carbons (Fsp3) is 0.143. The lowest BCUT2D eigenvalue weighted by Gasteiger charge is -2.15. The maximum Gasteiger partial charge on any atom is 0.573 e. The fourth-order valence-electron chi connectivity index (χ4n) is 1.81. The summed E-state index contributed by atoms with van der Waals surface area (Å²) >= 11 is 5.65. The first-order chi connectivity index (χ1) is 9.76. The van der Waals surface area contributed by atoms with Crippen molar-refractivity contribution in [2.45, 2.75) is 12.4 Å². The van der Waals surface area contributed by atoms with Gasteiger partial charge in [-0.15, -0.1) is 13.2 Å². The van der Waals surface area contributed by atoms with Gasteiger partial charge in [0.05, 0.1) is 6.04 Å². The Morgan fingerprint density at radius 2 is 1.67 bits per heavy atom. The van der Waals surface area contributed by atoms with Crippen LogP contribution in [0.2, 0.25) is 5.02 Å². The van der Waals surface area contributed by atoms with Crippen molar-refractivity contribution in [2.24, 2.45) is 5.73 Å². The molecule has 0 aliphatic heterocycles. The molecular formula is C14H10ClF4NO. The summed E-state index contributed by atoms with van der Waals surface area (Å²) in [5, 5.41) is 0.234. The number of hydrogen-bond donors (Lipinski definition) is 1. The van der Waals surface area contributed by atoms with Gasteiger partial charge in [0.25, 0.3) is 0 Å². The Balaban J connectivity index is 2.22. The van der Waals surface area contributed by atoms with Gasteiger partial charge >= 0.3 is 6.36 Å². The minimum atomic E-state index is -4.76. The van der Waals surface area contributed by atoms with Crippen molar-refractivity contribution in [1.29, 1.82) is 0 Å². The second kappa shape index (κ2) is 5.91. The molecule has 1 atom stereocenters. The van der Waals surface area contributed by atoms with Crippen LogP contribution in [0.15, 0.2) is 42.5 Å². The molecule has 0 spiro atoms. The van der Waals surface area contributed by atoms with E-state index in [4.69, 9.17) is 17.3 Å². The van der Waals surface area contributed by atoms with Crippen molar-refractivity contribution < 1.29 is 22.3 Å². The predicted octanol–water partition coefficient (Wildman–Crippen LogP) is 4.43. The lowest BCUT2D eigenvalue weighted by atomic mass is 9.99. The van der Waals surface area contributed by atoms with E-state index in [-0.39, 0.29) is 16.3 Å². The van der Waals surface area contributed by atoms with Gasteiger partial charge in [0.1, 0.15) is 11.6 Å². The van der Waals surface area contributed by atoms with Gasteiger partial charge in [0.2, 0.25) is 0 Å². The van der Waals surface area contributed by atoms with Crippen LogP contribution >= 0.6 is 11.6 Å². The number of halogens is 5. The molecule has 2 N–H and O–H groups in total. The summed E-state index contributed by atoms with van der Waals surface area (Å²) < 4.78 is 53.6. The highest BCUT2D eigenvalue weighted by atomic mass is 35.5. The molecule has 0 aromatic heterocycles. The van der Waals surface area contributed by atoms with Gasteiger partial charge < -0.3 is 10.5 Å². The van der Waals surface area contributed by atoms with Crippen LogP contribution in [-0.4, -0.2) is 6.36 Å². The minimum absolute atomic E-state index is 0.198. The smallest absolute Gasteiger partial charge is 0.406 e. The van der Waals surface area contributed by atoms with Gasteiger partial charge in [-0.2, -0.15) is 0 Å². The predicted molar refractivity (Wildman–Crippen MR) is 70.6 cm³/mol. The summed E-state index contributed by atoms with van der Waals surface area (Å²) in [4.78, 5) is 0. The molecule has 0 amide bonds. The van der Waals surface area contributed by atoms with Gasteiger partial charge in [-0.1, -0.05) is 29.8 Å². The van der Waals surface area contributed by atoms with Crippen molar-refractivity contribution in [3.05, 3.63) is 64.4 Å². The largest absolute Gasteiger partial charge is 0.573 e. The summed E-state index contributed by atoms with van der Waals surface area (Å²) in [6.07, 6.45) is -4.76. The first-order valence-electron chi connectivity index (χ1n) is 5.82. The van der Waals surface area contributed by atoms with Gasteiger partial charge in [0.15, 0.2) is 0 Å². The van der Waals surface area contributed by atoms with Gasteiger partial charge in [-0.3, -0.25) is 0 Å². The first kappa shape index (κ1) is 15.6. The van der Waals surface area contributed by atoms with Gasteiger partial charge in [0, 0.05) is 10.6 Å². The van der Waals surface area contributed by atoms with Crippen LogP contribution in [0.25, 0.3) is 0 Å². The maximum atomic E-state index is 13.8. The molecule has 0 aliphatic rings. The Morgan fingerprint density at radius 3 is 2.19 bits per heavy atom. The third kappa shape index (κ3) is 4.09. The SMILES string of the molecule is NC(c1ccc(OC(F)(F)F)cc1)c1ccc(Cl)cc1F. The van der Waals surface area contributed by atoms with Crippen molar-refractivity contribution >= 4 is 11.6 Å². The molecule has 2 rings (SSSR count). The molecule has 7 heteroatoms. The monoisotopic (exact) mass is 319 g/mol. The van der Waals surface area contributed by atoms with E-state index in [1.807, 2.05) is 0 Å². The number of hydrogen-bond acceptors (Lipinski definition) is 2. The lowest BCUT2D eigenvalue weighted by Crippen LogP contribution is -2.17. The Kier molecular flexibility index (Phi) is 4.39. The molecule has 21 heavy (non-hydrogen) atoms. The Morgan fingerprint density at radius 1 is 1.05 bits per heavy atom. The van der Waals surface area contributed by atoms with Crippen LogP contribution in [0.3, 0.4) is 0 Å². The molecule has 0 fully saturated rings. The standard InChI is InChI=1S/C14H10ClF4NO/c15-9-3-6-11(12(16)7-9)13(20)8-1-4-10(5-2-8)21-14(17,18)19/h1-7,13H,20H2. The quantitative estimate of drug-likeness (QED) is 0.850. The van der Waals surface area contributed by atoms with E-state index >= 15 is 0 Å². The molecule has 1 unspecified atom stereocenters. The third-order valence-electron chi connectivity index (χ3n) is 2.77. The highest BCUT2D eigenvalue weighted by Crippen LogP contribution is 2.27. The molecule has 2 nitrogen and oxygen atoms in total. The number of nitrogens with two attached hydrogens (primary N) is 1.